The molecule has 0 spiro atoms. The molecule has 1 aromatic heterocycles. The summed E-state index contributed by atoms with van der Waals surface area (Å²) in [7, 11) is 1.56. The van der Waals surface area contributed by atoms with E-state index in [0.29, 0.717) is 24.3 Å². The van der Waals surface area contributed by atoms with E-state index in [4.69, 9.17) is 4.74 Å². The second-order valence-electron chi connectivity index (χ2n) is 8.71. The molecule has 0 fully saturated rings. The molecule has 182 valence electrons. The van der Waals surface area contributed by atoms with E-state index in [9.17, 15) is 14.4 Å². The largest absolute Gasteiger partial charge is 0.497 e. The third kappa shape index (κ3) is 4.38. The molecule has 0 radical (unpaired) electrons. The standard InChI is InChI=1S/C27H25N5O4/c1-16-9-20(10-23-25(16)29-14-28-23)17-3-5-18(6-4-17)24(31-27(35)30-15-33)13-32-12-19-7-8-21(36-2)11-22(19)26(32)34/h3-11,14-15,24H,12-13H2,1-2H3,(H,28,29)(H2,30,31,33,35)/t24-/m0/s1. The van der Waals surface area contributed by atoms with Gasteiger partial charge in [0.15, 0.2) is 0 Å². The van der Waals surface area contributed by atoms with Crippen LogP contribution in [0.25, 0.3) is 22.2 Å². The lowest BCUT2D eigenvalue weighted by atomic mass is 9.98. The van der Waals surface area contributed by atoms with Gasteiger partial charge in [0.05, 0.1) is 30.5 Å². The highest BCUT2D eigenvalue weighted by molar-refractivity contribution is 5.98. The zero-order chi connectivity index (χ0) is 25.2. The number of aromatic amines is 1. The number of hydrogen-bond acceptors (Lipinski definition) is 5. The van der Waals surface area contributed by atoms with Gasteiger partial charge in [0.1, 0.15) is 5.75 Å². The van der Waals surface area contributed by atoms with Gasteiger partial charge >= 0.3 is 6.03 Å². The summed E-state index contributed by atoms with van der Waals surface area (Å²) >= 11 is 0. The van der Waals surface area contributed by atoms with Gasteiger partial charge in [0, 0.05) is 18.7 Å². The zero-order valence-corrected chi connectivity index (χ0v) is 19.9. The Bertz CT molecular complexity index is 1460. The maximum absolute atomic E-state index is 13.1. The van der Waals surface area contributed by atoms with Gasteiger partial charge in [-0.3, -0.25) is 14.9 Å². The van der Waals surface area contributed by atoms with E-state index in [1.807, 2.05) is 49.4 Å². The van der Waals surface area contributed by atoms with Gasteiger partial charge in [0.25, 0.3) is 5.91 Å². The fourth-order valence-corrected chi connectivity index (χ4v) is 4.62. The Morgan fingerprint density at radius 1 is 1.17 bits per heavy atom. The van der Waals surface area contributed by atoms with Gasteiger partial charge in [-0.25, -0.2) is 9.78 Å². The molecule has 1 aliphatic heterocycles. The summed E-state index contributed by atoms with van der Waals surface area (Å²) in [6.45, 7) is 2.68. The Morgan fingerprint density at radius 2 is 1.97 bits per heavy atom. The van der Waals surface area contributed by atoms with E-state index in [0.717, 1.165) is 38.9 Å². The number of carbonyl (C=O) groups is 3. The van der Waals surface area contributed by atoms with E-state index in [-0.39, 0.29) is 12.5 Å². The van der Waals surface area contributed by atoms with Gasteiger partial charge in [-0.15, -0.1) is 0 Å². The number of imide groups is 1. The highest BCUT2D eigenvalue weighted by atomic mass is 16.5. The van der Waals surface area contributed by atoms with E-state index in [1.165, 1.54) is 0 Å². The lowest BCUT2D eigenvalue weighted by Crippen LogP contribution is -2.42. The van der Waals surface area contributed by atoms with Crippen LogP contribution in [0.1, 0.15) is 33.1 Å². The van der Waals surface area contributed by atoms with Crippen LogP contribution in [-0.2, 0) is 11.3 Å². The Balaban J connectivity index is 1.40. The Morgan fingerprint density at radius 3 is 2.72 bits per heavy atom. The summed E-state index contributed by atoms with van der Waals surface area (Å²) in [6, 6.07) is 16.2. The molecule has 3 aromatic carbocycles. The summed E-state index contributed by atoms with van der Waals surface area (Å²) in [5, 5.41) is 4.92. The van der Waals surface area contributed by atoms with Crippen LogP contribution in [0.5, 0.6) is 5.75 Å². The summed E-state index contributed by atoms with van der Waals surface area (Å²) in [5.41, 5.74) is 7.31. The van der Waals surface area contributed by atoms with Gasteiger partial charge < -0.3 is 19.9 Å². The second kappa shape index (κ2) is 9.53. The molecular weight excluding hydrogens is 458 g/mol. The minimum absolute atomic E-state index is 0.133. The molecule has 36 heavy (non-hydrogen) atoms. The molecule has 0 saturated heterocycles. The molecule has 4 aromatic rings. The first-order chi connectivity index (χ1) is 17.5. The predicted octanol–water partition coefficient (Wildman–Crippen LogP) is 3.70. The van der Waals surface area contributed by atoms with Gasteiger partial charge in [-0.05, 0) is 59.0 Å². The van der Waals surface area contributed by atoms with Crippen molar-refractivity contribution in [3.63, 3.8) is 0 Å². The number of ether oxygens (including phenoxy) is 1. The predicted molar refractivity (Wildman–Crippen MR) is 134 cm³/mol. The van der Waals surface area contributed by atoms with Crippen molar-refractivity contribution >= 4 is 29.4 Å². The van der Waals surface area contributed by atoms with Crippen LogP contribution in [0.4, 0.5) is 4.79 Å². The number of benzene rings is 3. The average Bonchev–Trinajstić information content (AvgIpc) is 3.48. The number of amides is 4. The Kier molecular flexibility index (Phi) is 6.12. The Hall–Kier alpha value is -4.66. The minimum Gasteiger partial charge on any atom is -0.497 e. The first kappa shape index (κ1) is 23.1. The number of nitrogens with one attached hydrogen (secondary N) is 3. The Labute approximate surface area is 207 Å². The monoisotopic (exact) mass is 483 g/mol. The van der Waals surface area contributed by atoms with Crippen molar-refractivity contribution < 1.29 is 19.1 Å². The van der Waals surface area contributed by atoms with Crippen LogP contribution in [-0.4, -0.2) is 46.9 Å². The number of fused-ring (bicyclic) bond motifs is 2. The summed E-state index contributed by atoms with van der Waals surface area (Å²) in [4.78, 5) is 45.3. The molecule has 0 saturated carbocycles. The van der Waals surface area contributed by atoms with E-state index in [2.05, 4.69) is 26.7 Å². The van der Waals surface area contributed by atoms with Crippen molar-refractivity contribution in [3.05, 3.63) is 83.2 Å². The maximum Gasteiger partial charge on any atom is 0.321 e. The second-order valence-corrected chi connectivity index (χ2v) is 8.71. The molecule has 4 amide bonds. The van der Waals surface area contributed by atoms with Crippen LogP contribution in [0, 0.1) is 6.92 Å². The van der Waals surface area contributed by atoms with Crippen LogP contribution < -0.4 is 15.4 Å². The third-order valence-electron chi connectivity index (χ3n) is 6.45. The smallest absolute Gasteiger partial charge is 0.321 e. The maximum atomic E-state index is 13.1. The number of methoxy groups -OCH3 is 1. The summed E-state index contributed by atoms with van der Waals surface area (Å²) in [5.74, 6) is 0.481. The summed E-state index contributed by atoms with van der Waals surface area (Å²) in [6.07, 6.45) is 2.01. The number of carbonyl (C=O) groups excluding carboxylic acids is 3. The molecule has 1 atom stereocenters. The number of imidazole rings is 1. The highest BCUT2D eigenvalue weighted by Gasteiger charge is 2.30. The lowest BCUT2D eigenvalue weighted by molar-refractivity contribution is -0.108. The quantitative estimate of drug-likeness (QED) is 0.347. The van der Waals surface area contributed by atoms with Crippen molar-refractivity contribution in [1.29, 1.82) is 0 Å². The van der Waals surface area contributed by atoms with Crippen molar-refractivity contribution in [3.8, 4) is 16.9 Å². The fourth-order valence-electron chi connectivity index (χ4n) is 4.62. The number of urea groups is 1. The molecule has 1 aliphatic rings. The number of hydrogen-bond donors (Lipinski definition) is 3. The molecule has 9 heteroatoms. The number of H-pyrrole nitrogens is 1. The highest BCUT2D eigenvalue weighted by Crippen LogP contribution is 2.30. The van der Waals surface area contributed by atoms with Crippen LogP contribution in [0.3, 0.4) is 0 Å². The molecule has 0 aliphatic carbocycles. The van der Waals surface area contributed by atoms with Crippen LogP contribution >= 0.6 is 0 Å². The first-order valence-corrected chi connectivity index (χ1v) is 11.5. The molecule has 0 unspecified atom stereocenters. The zero-order valence-electron chi connectivity index (χ0n) is 19.9. The van der Waals surface area contributed by atoms with Crippen molar-refractivity contribution in [1.82, 2.24) is 25.5 Å². The summed E-state index contributed by atoms with van der Waals surface area (Å²) < 4.78 is 5.25. The molecular formula is C27H25N5O4. The molecule has 3 N–H and O–H groups in total. The van der Waals surface area contributed by atoms with E-state index >= 15 is 0 Å². The SMILES string of the molecule is COc1ccc2c(c1)C(=O)N(C[C@H](NC(=O)NC=O)c1ccc(-c3cc(C)c4nc[nH]c4c3)cc1)C2. The normalized spacial score (nSPS) is 13.4. The van der Waals surface area contributed by atoms with E-state index < -0.39 is 12.1 Å². The van der Waals surface area contributed by atoms with Gasteiger partial charge in [0.2, 0.25) is 6.41 Å². The van der Waals surface area contributed by atoms with Crippen LogP contribution in [0.2, 0.25) is 0 Å². The molecule has 2 heterocycles. The molecule has 5 rings (SSSR count). The fraction of sp³-hybridized carbons (Fsp3) is 0.185. The average molecular weight is 484 g/mol. The van der Waals surface area contributed by atoms with Crippen molar-refractivity contribution in [2.75, 3.05) is 13.7 Å². The molecule has 0 bridgehead atoms. The van der Waals surface area contributed by atoms with E-state index in [1.54, 1.807) is 24.4 Å². The topological polar surface area (TPSA) is 116 Å². The number of nitrogens with zero attached hydrogens (tertiary/aromatic N) is 2. The van der Waals surface area contributed by atoms with Gasteiger partial charge in [-0.1, -0.05) is 30.3 Å². The molecule has 9 nitrogen and oxygen atoms in total. The first-order valence-electron chi connectivity index (χ1n) is 11.5. The van der Waals surface area contributed by atoms with Crippen molar-refractivity contribution in [2.45, 2.75) is 19.5 Å². The number of aryl methyl sites for hydroxylation is 1. The number of rotatable bonds is 7. The lowest BCUT2D eigenvalue weighted by Gasteiger charge is -2.25. The third-order valence-corrected chi connectivity index (χ3v) is 6.45. The minimum atomic E-state index is -0.634. The van der Waals surface area contributed by atoms with Gasteiger partial charge in [-0.2, -0.15) is 0 Å². The van der Waals surface area contributed by atoms with Crippen molar-refractivity contribution in [2.24, 2.45) is 0 Å². The van der Waals surface area contributed by atoms with Crippen LogP contribution in [0.15, 0.2) is 60.9 Å². The number of aromatic nitrogens is 2.